The fourth-order valence-electron chi connectivity index (χ4n) is 2.36. The number of hydrogen-bond donors (Lipinski definition) is 1. The summed E-state index contributed by atoms with van der Waals surface area (Å²) in [7, 11) is 0. The molecule has 1 aromatic rings. The highest BCUT2D eigenvalue weighted by atomic mass is 19.1. The Kier molecular flexibility index (Phi) is 3.24. The van der Waals surface area contributed by atoms with E-state index in [2.05, 4.69) is 19.2 Å². The van der Waals surface area contributed by atoms with Gasteiger partial charge in [0.1, 0.15) is 11.6 Å². The van der Waals surface area contributed by atoms with Gasteiger partial charge in [0.15, 0.2) is 0 Å². The van der Waals surface area contributed by atoms with E-state index in [1.54, 1.807) is 0 Å². The van der Waals surface area contributed by atoms with Crippen LogP contribution in [0.15, 0.2) is 12.1 Å². The Morgan fingerprint density at radius 3 is 2.81 bits per heavy atom. The topological polar surface area (TPSA) is 12.0 Å². The maximum absolute atomic E-state index is 13.6. The molecule has 0 aliphatic carbocycles. The standard InChI is InChI=1S/C13H17F2N/c1-8(2)5-13-11-6-9(14)7-12(15)10(11)3-4-16-13/h6-8,13,16H,3-5H2,1-2H3. The SMILES string of the molecule is CC(C)CC1NCCc2c(F)cc(F)cc21. The van der Waals surface area contributed by atoms with Gasteiger partial charge in [-0.1, -0.05) is 13.8 Å². The van der Waals surface area contributed by atoms with Gasteiger partial charge in [0, 0.05) is 12.1 Å². The van der Waals surface area contributed by atoms with Crippen LogP contribution in [0.5, 0.6) is 0 Å². The van der Waals surface area contributed by atoms with E-state index in [0.717, 1.165) is 24.6 Å². The van der Waals surface area contributed by atoms with Crippen LogP contribution < -0.4 is 5.32 Å². The molecule has 1 N–H and O–H groups in total. The van der Waals surface area contributed by atoms with E-state index in [4.69, 9.17) is 0 Å². The molecule has 3 heteroatoms. The van der Waals surface area contributed by atoms with Crippen molar-refractivity contribution in [2.24, 2.45) is 5.92 Å². The Morgan fingerprint density at radius 1 is 1.38 bits per heavy atom. The molecular formula is C13H17F2N. The zero-order valence-corrected chi connectivity index (χ0v) is 9.69. The molecule has 1 aliphatic heterocycles. The Balaban J connectivity index is 2.37. The molecule has 16 heavy (non-hydrogen) atoms. The number of rotatable bonds is 2. The predicted molar refractivity (Wildman–Crippen MR) is 60.3 cm³/mol. The second-order valence-electron chi connectivity index (χ2n) is 4.84. The first-order valence-corrected chi connectivity index (χ1v) is 5.79. The summed E-state index contributed by atoms with van der Waals surface area (Å²) >= 11 is 0. The Bertz CT molecular complexity index is 388. The van der Waals surface area contributed by atoms with E-state index < -0.39 is 11.6 Å². The van der Waals surface area contributed by atoms with E-state index in [1.165, 1.54) is 6.07 Å². The fourth-order valence-corrected chi connectivity index (χ4v) is 2.36. The Morgan fingerprint density at radius 2 is 2.12 bits per heavy atom. The van der Waals surface area contributed by atoms with Crippen LogP contribution in [-0.2, 0) is 6.42 Å². The minimum absolute atomic E-state index is 0.0916. The van der Waals surface area contributed by atoms with E-state index in [0.29, 0.717) is 17.9 Å². The molecule has 0 radical (unpaired) electrons. The van der Waals surface area contributed by atoms with Gasteiger partial charge in [-0.2, -0.15) is 0 Å². The molecule has 1 aromatic carbocycles. The molecule has 88 valence electrons. The quantitative estimate of drug-likeness (QED) is 0.815. The highest BCUT2D eigenvalue weighted by Crippen LogP contribution is 2.30. The third kappa shape index (κ3) is 2.24. The summed E-state index contributed by atoms with van der Waals surface area (Å²) in [6, 6.07) is 2.54. The van der Waals surface area contributed by atoms with Crippen LogP contribution in [0, 0.1) is 17.6 Å². The van der Waals surface area contributed by atoms with Gasteiger partial charge in [-0.3, -0.25) is 0 Å². The molecule has 1 unspecified atom stereocenters. The van der Waals surface area contributed by atoms with Gasteiger partial charge >= 0.3 is 0 Å². The maximum atomic E-state index is 13.6. The molecule has 2 rings (SSSR count). The van der Waals surface area contributed by atoms with Crippen molar-refractivity contribution in [1.29, 1.82) is 0 Å². The lowest BCUT2D eigenvalue weighted by atomic mass is 9.89. The third-order valence-electron chi connectivity index (χ3n) is 3.04. The largest absolute Gasteiger partial charge is 0.310 e. The molecule has 0 amide bonds. The van der Waals surface area contributed by atoms with Crippen molar-refractivity contribution < 1.29 is 8.78 Å². The number of hydrogen-bond acceptors (Lipinski definition) is 1. The van der Waals surface area contributed by atoms with Gasteiger partial charge in [-0.05, 0) is 42.5 Å². The van der Waals surface area contributed by atoms with Crippen molar-refractivity contribution in [2.75, 3.05) is 6.54 Å². The second kappa shape index (κ2) is 4.50. The van der Waals surface area contributed by atoms with Gasteiger partial charge in [0.05, 0.1) is 0 Å². The summed E-state index contributed by atoms with van der Waals surface area (Å²) in [4.78, 5) is 0. The van der Waals surface area contributed by atoms with Crippen molar-refractivity contribution in [3.63, 3.8) is 0 Å². The van der Waals surface area contributed by atoms with Crippen molar-refractivity contribution in [1.82, 2.24) is 5.32 Å². The summed E-state index contributed by atoms with van der Waals surface area (Å²) in [6.07, 6.45) is 1.56. The molecular weight excluding hydrogens is 208 g/mol. The fraction of sp³-hybridized carbons (Fsp3) is 0.538. The Labute approximate surface area is 94.9 Å². The van der Waals surface area contributed by atoms with Crippen LogP contribution in [-0.4, -0.2) is 6.54 Å². The van der Waals surface area contributed by atoms with Gasteiger partial charge < -0.3 is 5.32 Å². The molecule has 0 aromatic heterocycles. The molecule has 0 bridgehead atoms. The molecule has 0 spiro atoms. The van der Waals surface area contributed by atoms with Crippen LogP contribution in [0.4, 0.5) is 8.78 Å². The smallest absolute Gasteiger partial charge is 0.129 e. The molecule has 1 atom stereocenters. The molecule has 0 saturated heterocycles. The molecule has 0 saturated carbocycles. The van der Waals surface area contributed by atoms with E-state index >= 15 is 0 Å². The summed E-state index contributed by atoms with van der Waals surface area (Å²) in [5.41, 5.74) is 1.49. The molecule has 1 heterocycles. The minimum Gasteiger partial charge on any atom is -0.310 e. The zero-order chi connectivity index (χ0) is 11.7. The summed E-state index contributed by atoms with van der Waals surface area (Å²) in [6.45, 7) is 5.00. The number of nitrogens with one attached hydrogen (secondary N) is 1. The lowest BCUT2D eigenvalue weighted by Gasteiger charge is -2.28. The molecule has 0 fully saturated rings. The average molecular weight is 225 g/mol. The number of fused-ring (bicyclic) bond motifs is 1. The van der Waals surface area contributed by atoms with Gasteiger partial charge in [0.25, 0.3) is 0 Å². The van der Waals surface area contributed by atoms with Crippen LogP contribution in [0.25, 0.3) is 0 Å². The van der Waals surface area contributed by atoms with Gasteiger partial charge in [-0.15, -0.1) is 0 Å². The predicted octanol–water partition coefficient (Wildman–Crippen LogP) is 3.20. The average Bonchev–Trinajstić information content (AvgIpc) is 2.18. The Hall–Kier alpha value is -0.960. The lowest BCUT2D eigenvalue weighted by Crippen LogP contribution is -2.31. The van der Waals surface area contributed by atoms with Gasteiger partial charge in [-0.25, -0.2) is 8.78 Å². The lowest BCUT2D eigenvalue weighted by molar-refractivity contribution is 0.405. The van der Waals surface area contributed by atoms with E-state index in [9.17, 15) is 8.78 Å². The number of benzene rings is 1. The van der Waals surface area contributed by atoms with Gasteiger partial charge in [0.2, 0.25) is 0 Å². The number of halogens is 2. The highest BCUT2D eigenvalue weighted by molar-refractivity contribution is 5.34. The van der Waals surface area contributed by atoms with E-state index in [-0.39, 0.29) is 6.04 Å². The van der Waals surface area contributed by atoms with Crippen molar-refractivity contribution in [2.45, 2.75) is 32.7 Å². The first-order chi connectivity index (χ1) is 7.58. The molecule has 1 nitrogen and oxygen atoms in total. The maximum Gasteiger partial charge on any atom is 0.129 e. The summed E-state index contributed by atoms with van der Waals surface area (Å²) < 4.78 is 26.8. The van der Waals surface area contributed by atoms with Crippen LogP contribution in [0.3, 0.4) is 0 Å². The van der Waals surface area contributed by atoms with Crippen molar-refractivity contribution in [3.8, 4) is 0 Å². The molecule has 1 aliphatic rings. The first kappa shape index (κ1) is 11.5. The monoisotopic (exact) mass is 225 g/mol. The summed E-state index contributed by atoms with van der Waals surface area (Å²) in [5, 5.41) is 3.33. The summed E-state index contributed by atoms with van der Waals surface area (Å²) in [5.74, 6) is -0.367. The second-order valence-corrected chi connectivity index (χ2v) is 4.84. The van der Waals surface area contributed by atoms with Crippen molar-refractivity contribution in [3.05, 3.63) is 34.9 Å². The minimum atomic E-state index is -0.478. The van der Waals surface area contributed by atoms with Crippen molar-refractivity contribution >= 4 is 0 Å². The van der Waals surface area contributed by atoms with E-state index in [1.807, 2.05) is 0 Å². The highest BCUT2D eigenvalue weighted by Gasteiger charge is 2.23. The first-order valence-electron chi connectivity index (χ1n) is 5.79. The van der Waals surface area contributed by atoms with Crippen LogP contribution in [0.1, 0.15) is 37.4 Å². The zero-order valence-electron chi connectivity index (χ0n) is 9.69. The van der Waals surface area contributed by atoms with Crippen LogP contribution >= 0.6 is 0 Å². The third-order valence-corrected chi connectivity index (χ3v) is 3.04. The van der Waals surface area contributed by atoms with Crippen LogP contribution in [0.2, 0.25) is 0 Å². The normalized spacial score (nSPS) is 19.9.